The van der Waals surface area contributed by atoms with Gasteiger partial charge in [-0.3, -0.25) is 0 Å². The van der Waals surface area contributed by atoms with Crippen LogP contribution in [0.3, 0.4) is 0 Å². The summed E-state index contributed by atoms with van der Waals surface area (Å²) >= 11 is 1.39. The van der Waals surface area contributed by atoms with Crippen molar-refractivity contribution >= 4 is 11.8 Å². The second-order valence-electron chi connectivity index (χ2n) is 6.56. The van der Waals surface area contributed by atoms with E-state index in [1.165, 1.54) is 11.8 Å². The lowest BCUT2D eigenvalue weighted by molar-refractivity contribution is 0.413. The molecule has 0 saturated carbocycles. The van der Waals surface area contributed by atoms with Gasteiger partial charge in [0, 0.05) is 5.56 Å². The fraction of sp³-hybridized carbons (Fsp3) is 0.238. The van der Waals surface area contributed by atoms with Crippen LogP contribution in [0.25, 0.3) is 11.5 Å². The van der Waals surface area contributed by atoms with E-state index in [0.717, 1.165) is 22.4 Å². The maximum Gasteiger partial charge on any atom is 0.277 e. The van der Waals surface area contributed by atoms with Crippen LogP contribution < -0.4 is 4.74 Å². The van der Waals surface area contributed by atoms with E-state index in [1.807, 2.05) is 62.4 Å². The highest BCUT2D eigenvalue weighted by Crippen LogP contribution is 2.34. The van der Waals surface area contributed by atoms with Crippen LogP contribution in [0.1, 0.15) is 35.1 Å². The molecule has 148 valence electrons. The molecule has 7 nitrogen and oxygen atoms in total. The first-order valence-corrected chi connectivity index (χ1v) is 10.0. The minimum atomic E-state index is -0.115. The monoisotopic (exact) mass is 408 g/mol. The van der Waals surface area contributed by atoms with Crippen molar-refractivity contribution in [3.63, 3.8) is 0 Å². The van der Waals surface area contributed by atoms with Crippen molar-refractivity contribution in [1.82, 2.24) is 20.4 Å². The first-order chi connectivity index (χ1) is 14.1. The molecule has 0 N–H and O–H groups in total. The van der Waals surface area contributed by atoms with E-state index in [9.17, 15) is 0 Å². The molecule has 0 radical (unpaired) electrons. The van der Waals surface area contributed by atoms with Gasteiger partial charge in [0.15, 0.2) is 0 Å². The third-order valence-corrected chi connectivity index (χ3v) is 5.22. The second kappa shape index (κ2) is 8.48. The molecule has 4 aromatic rings. The van der Waals surface area contributed by atoms with E-state index in [1.54, 1.807) is 7.11 Å². The van der Waals surface area contributed by atoms with Crippen LogP contribution in [0, 0.1) is 6.92 Å². The van der Waals surface area contributed by atoms with Gasteiger partial charge in [0.05, 0.1) is 18.8 Å². The number of aryl methyl sites for hydroxylation is 1. The topological polar surface area (TPSA) is 87.1 Å². The van der Waals surface area contributed by atoms with Crippen molar-refractivity contribution in [2.45, 2.75) is 30.7 Å². The summed E-state index contributed by atoms with van der Waals surface area (Å²) < 4.78 is 16.8. The van der Waals surface area contributed by atoms with Gasteiger partial charge in [-0.25, -0.2) is 0 Å². The van der Waals surface area contributed by atoms with Crippen molar-refractivity contribution in [3.05, 3.63) is 71.4 Å². The van der Waals surface area contributed by atoms with Crippen LogP contribution in [-0.2, 0) is 6.42 Å². The average molecular weight is 408 g/mol. The number of hydrogen-bond donors (Lipinski definition) is 0. The number of methoxy groups -OCH3 is 1. The zero-order valence-electron chi connectivity index (χ0n) is 16.3. The van der Waals surface area contributed by atoms with Crippen molar-refractivity contribution in [2.75, 3.05) is 7.11 Å². The van der Waals surface area contributed by atoms with Crippen LogP contribution in [0.2, 0.25) is 0 Å². The fourth-order valence-corrected chi connectivity index (χ4v) is 3.50. The summed E-state index contributed by atoms with van der Waals surface area (Å²) in [5, 5.41) is 16.9. The third kappa shape index (κ3) is 4.65. The zero-order valence-corrected chi connectivity index (χ0v) is 17.1. The van der Waals surface area contributed by atoms with E-state index < -0.39 is 0 Å². The van der Waals surface area contributed by atoms with Crippen molar-refractivity contribution in [2.24, 2.45) is 0 Å². The Morgan fingerprint density at radius 1 is 1.00 bits per heavy atom. The van der Waals surface area contributed by atoms with Gasteiger partial charge in [-0.1, -0.05) is 41.6 Å². The zero-order chi connectivity index (χ0) is 20.2. The van der Waals surface area contributed by atoms with Gasteiger partial charge in [0.25, 0.3) is 5.22 Å². The lowest BCUT2D eigenvalue weighted by Crippen LogP contribution is -1.89. The maximum atomic E-state index is 5.84. The molecular formula is C21H20N4O3S. The average Bonchev–Trinajstić information content (AvgIpc) is 3.38. The number of aromatic nitrogens is 4. The Kier molecular flexibility index (Phi) is 5.62. The van der Waals surface area contributed by atoms with E-state index in [4.69, 9.17) is 13.6 Å². The summed E-state index contributed by atoms with van der Waals surface area (Å²) in [6.45, 7) is 3.99. The van der Waals surface area contributed by atoms with Gasteiger partial charge < -0.3 is 13.6 Å². The van der Waals surface area contributed by atoms with Crippen molar-refractivity contribution < 1.29 is 13.6 Å². The van der Waals surface area contributed by atoms with Crippen LogP contribution in [0.15, 0.2) is 62.6 Å². The molecule has 0 aliphatic rings. The minimum Gasteiger partial charge on any atom is -0.497 e. The molecule has 8 heteroatoms. The molecular weight excluding hydrogens is 388 g/mol. The van der Waals surface area contributed by atoms with Crippen LogP contribution in [0.5, 0.6) is 5.75 Å². The van der Waals surface area contributed by atoms with E-state index in [0.29, 0.717) is 29.3 Å². The lowest BCUT2D eigenvalue weighted by Gasteiger charge is -2.02. The van der Waals surface area contributed by atoms with E-state index in [2.05, 4.69) is 20.4 Å². The van der Waals surface area contributed by atoms with Gasteiger partial charge in [0.1, 0.15) is 5.75 Å². The molecule has 1 unspecified atom stereocenters. The minimum absolute atomic E-state index is 0.115. The highest BCUT2D eigenvalue weighted by Gasteiger charge is 2.19. The predicted octanol–water partition coefficient (Wildman–Crippen LogP) is 4.88. The standard InChI is InChI=1S/C21H20N4O3S/c1-13-5-4-6-16(11-13)20-24-23-19(28-20)14(2)29-21-25-22-18(27-21)12-15-7-9-17(26-3)10-8-15/h4-11,14H,12H2,1-3H3. The van der Waals surface area contributed by atoms with Crippen LogP contribution in [-0.4, -0.2) is 27.5 Å². The molecule has 0 amide bonds. The molecule has 2 heterocycles. The first-order valence-electron chi connectivity index (χ1n) is 9.13. The van der Waals surface area contributed by atoms with E-state index in [-0.39, 0.29) is 5.25 Å². The van der Waals surface area contributed by atoms with Crippen molar-refractivity contribution in [1.29, 1.82) is 0 Å². The van der Waals surface area contributed by atoms with Gasteiger partial charge >= 0.3 is 0 Å². The Labute approximate surface area is 172 Å². The quantitative estimate of drug-likeness (QED) is 0.400. The van der Waals surface area contributed by atoms with Crippen LogP contribution in [0.4, 0.5) is 0 Å². The molecule has 0 aliphatic carbocycles. The van der Waals surface area contributed by atoms with Gasteiger partial charge in [-0.2, -0.15) is 0 Å². The molecule has 4 rings (SSSR count). The Bertz CT molecular complexity index is 1090. The molecule has 0 saturated heterocycles. The van der Waals surface area contributed by atoms with E-state index >= 15 is 0 Å². The fourth-order valence-electron chi connectivity index (χ4n) is 2.77. The molecule has 2 aromatic heterocycles. The highest BCUT2D eigenvalue weighted by molar-refractivity contribution is 7.99. The summed E-state index contributed by atoms with van der Waals surface area (Å²) in [6, 6.07) is 15.7. The second-order valence-corrected chi connectivity index (χ2v) is 7.85. The largest absolute Gasteiger partial charge is 0.497 e. The number of hydrogen-bond acceptors (Lipinski definition) is 8. The summed E-state index contributed by atoms with van der Waals surface area (Å²) in [5.41, 5.74) is 3.11. The normalized spacial score (nSPS) is 12.1. The summed E-state index contributed by atoms with van der Waals surface area (Å²) in [4.78, 5) is 0. The maximum absolute atomic E-state index is 5.84. The lowest BCUT2D eigenvalue weighted by atomic mass is 10.1. The van der Waals surface area contributed by atoms with Crippen molar-refractivity contribution in [3.8, 4) is 17.2 Å². The molecule has 0 fully saturated rings. The molecule has 0 spiro atoms. The summed E-state index contributed by atoms with van der Waals surface area (Å²) in [5.74, 6) is 2.38. The molecule has 1 atom stereocenters. The molecule has 29 heavy (non-hydrogen) atoms. The SMILES string of the molecule is COc1ccc(Cc2nnc(SC(C)c3nnc(-c4cccc(C)c4)o3)o2)cc1. The first kappa shape index (κ1) is 19.2. The Morgan fingerprint density at radius 2 is 1.83 bits per heavy atom. The van der Waals surface area contributed by atoms with Crippen LogP contribution >= 0.6 is 11.8 Å². The highest BCUT2D eigenvalue weighted by atomic mass is 32.2. The van der Waals surface area contributed by atoms with Gasteiger partial charge in [-0.05, 0) is 43.7 Å². The number of thioether (sulfide) groups is 1. The van der Waals surface area contributed by atoms with Gasteiger partial charge in [-0.15, -0.1) is 20.4 Å². The summed E-state index contributed by atoms with van der Waals surface area (Å²) in [7, 11) is 1.64. The Hall–Kier alpha value is -3.13. The van der Waals surface area contributed by atoms with Gasteiger partial charge in [0.2, 0.25) is 17.7 Å². The smallest absolute Gasteiger partial charge is 0.277 e. The molecule has 0 aliphatic heterocycles. The number of benzene rings is 2. The Morgan fingerprint density at radius 3 is 2.59 bits per heavy atom. The molecule has 0 bridgehead atoms. The predicted molar refractivity (Wildman–Crippen MR) is 109 cm³/mol. The number of nitrogens with zero attached hydrogens (tertiary/aromatic N) is 4. The third-order valence-electron chi connectivity index (χ3n) is 4.29. The number of ether oxygens (including phenoxy) is 1. The summed E-state index contributed by atoms with van der Waals surface area (Å²) in [6.07, 6.45) is 0.560. The molecule has 2 aromatic carbocycles. The Balaban J connectivity index is 1.40. The number of rotatable bonds is 7.